The highest BCUT2D eigenvalue weighted by Crippen LogP contribution is 2.24. The number of hydrogen-bond donors (Lipinski definition) is 1. The molecule has 1 aliphatic rings. The molecule has 1 heterocycles. The number of para-hydroxylation sites is 1. The Morgan fingerprint density at radius 2 is 2.18 bits per heavy atom. The lowest BCUT2D eigenvalue weighted by Gasteiger charge is -2.14. The largest absolute Gasteiger partial charge is 0.361 e. The number of carbonyl (C=O) groups is 1. The van der Waals surface area contributed by atoms with Gasteiger partial charge in [0, 0.05) is 29.9 Å². The van der Waals surface area contributed by atoms with E-state index >= 15 is 0 Å². The average Bonchev–Trinajstić information content (AvgIpc) is 2.91. The van der Waals surface area contributed by atoms with Gasteiger partial charge in [0.05, 0.1) is 0 Å². The molecule has 1 aromatic carbocycles. The molecule has 1 aliphatic carbocycles. The first-order valence-electron chi connectivity index (χ1n) is 8.13. The third kappa shape index (κ3) is 3.56. The molecule has 0 amide bonds. The molecule has 0 saturated carbocycles. The van der Waals surface area contributed by atoms with Crippen molar-refractivity contribution in [1.29, 1.82) is 0 Å². The Bertz CT molecular complexity index is 720. The molecule has 1 atom stereocenters. The van der Waals surface area contributed by atoms with Crippen molar-refractivity contribution in [1.82, 2.24) is 4.98 Å². The van der Waals surface area contributed by atoms with Gasteiger partial charge in [0.1, 0.15) is 5.78 Å². The van der Waals surface area contributed by atoms with Crippen LogP contribution in [0.4, 0.5) is 0 Å². The molecule has 1 unspecified atom stereocenters. The van der Waals surface area contributed by atoms with Crippen LogP contribution in [-0.2, 0) is 11.2 Å². The van der Waals surface area contributed by atoms with Crippen LogP contribution in [0.2, 0.25) is 0 Å². The summed E-state index contributed by atoms with van der Waals surface area (Å²) in [5, 5.41) is 1.17. The Balaban J connectivity index is 1.58. The third-order valence-corrected chi connectivity index (χ3v) is 4.35. The zero-order valence-corrected chi connectivity index (χ0v) is 13.1. The van der Waals surface area contributed by atoms with Crippen LogP contribution < -0.4 is 0 Å². The van der Waals surface area contributed by atoms with E-state index in [0.717, 1.165) is 30.3 Å². The monoisotopic (exact) mass is 293 g/mol. The number of ketones is 1. The van der Waals surface area contributed by atoms with E-state index in [1.807, 2.05) is 18.3 Å². The number of allylic oxidation sites excluding steroid dienone is 4. The SMILES string of the molecule is CC(CC(=O)Cc1c[nH]c2ccccc12)CC1=CC=CCC1. The molecule has 2 nitrogen and oxygen atoms in total. The summed E-state index contributed by atoms with van der Waals surface area (Å²) >= 11 is 0. The number of fused-ring (bicyclic) bond motifs is 1. The van der Waals surface area contributed by atoms with Gasteiger partial charge in [0.2, 0.25) is 0 Å². The fourth-order valence-corrected chi connectivity index (χ4v) is 3.29. The first-order valence-corrected chi connectivity index (χ1v) is 8.13. The van der Waals surface area contributed by atoms with Gasteiger partial charge in [-0.05, 0) is 36.8 Å². The Hall–Kier alpha value is -2.09. The van der Waals surface area contributed by atoms with Crippen LogP contribution in [0.1, 0.15) is 38.2 Å². The van der Waals surface area contributed by atoms with E-state index in [-0.39, 0.29) is 0 Å². The predicted octanol–water partition coefficient (Wildman–Crippen LogP) is 4.97. The standard InChI is InChI=1S/C20H23NO/c1-15(11-16-7-3-2-4-8-16)12-18(22)13-17-14-21-20-10-6-5-9-19(17)20/h2-3,5-7,9-10,14-15,21H,4,8,11-13H2,1H3. The minimum Gasteiger partial charge on any atom is -0.361 e. The van der Waals surface area contributed by atoms with Gasteiger partial charge in [-0.1, -0.05) is 48.9 Å². The smallest absolute Gasteiger partial charge is 0.137 e. The number of aromatic nitrogens is 1. The molecular formula is C20H23NO. The first-order chi connectivity index (χ1) is 10.7. The van der Waals surface area contributed by atoms with Gasteiger partial charge >= 0.3 is 0 Å². The van der Waals surface area contributed by atoms with Gasteiger partial charge < -0.3 is 4.98 Å². The average molecular weight is 293 g/mol. The highest BCUT2D eigenvalue weighted by atomic mass is 16.1. The van der Waals surface area contributed by atoms with Crippen molar-refractivity contribution in [2.45, 2.75) is 39.0 Å². The van der Waals surface area contributed by atoms with Gasteiger partial charge in [-0.15, -0.1) is 0 Å². The van der Waals surface area contributed by atoms with Gasteiger partial charge in [0.25, 0.3) is 0 Å². The number of H-pyrrole nitrogens is 1. The fraction of sp³-hybridized carbons (Fsp3) is 0.350. The lowest BCUT2D eigenvalue weighted by Crippen LogP contribution is -2.09. The number of benzene rings is 1. The molecular weight excluding hydrogens is 270 g/mol. The Morgan fingerprint density at radius 1 is 1.32 bits per heavy atom. The summed E-state index contributed by atoms with van der Waals surface area (Å²) in [4.78, 5) is 15.6. The molecule has 0 fully saturated rings. The second-order valence-electron chi connectivity index (χ2n) is 6.38. The van der Waals surface area contributed by atoms with Crippen LogP contribution in [0.15, 0.2) is 54.3 Å². The maximum atomic E-state index is 12.4. The summed E-state index contributed by atoms with van der Waals surface area (Å²) in [6, 6.07) is 8.17. The van der Waals surface area contributed by atoms with Crippen LogP contribution in [0.5, 0.6) is 0 Å². The van der Waals surface area contributed by atoms with Gasteiger partial charge in [-0.2, -0.15) is 0 Å². The lowest BCUT2D eigenvalue weighted by molar-refractivity contribution is -0.119. The molecule has 0 spiro atoms. The number of aromatic amines is 1. The van der Waals surface area contributed by atoms with Gasteiger partial charge in [-0.3, -0.25) is 4.79 Å². The van der Waals surface area contributed by atoms with Gasteiger partial charge in [-0.25, -0.2) is 0 Å². The summed E-state index contributed by atoms with van der Waals surface area (Å²) in [5.74, 6) is 0.764. The molecule has 0 bridgehead atoms. The topological polar surface area (TPSA) is 32.9 Å². The van der Waals surface area contributed by atoms with E-state index in [4.69, 9.17) is 0 Å². The van der Waals surface area contributed by atoms with E-state index < -0.39 is 0 Å². The lowest BCUT2D eigenvalue weighted by atomic mass is 9.90. The van der Waals surface area contributed by atoms with Gasteiger partial charge in [0.15, 0.2) is 0 Å². The van der Waals surface area contributed by atoms with Crippen molar-refractivity contribution in [3.8, 4) is 0 Å². The number of nitrogens with one attached hydrogen (secondary N) is 1. The summed E-state index contributed by atoms with van der Waals surface area (Å²) in [6.07, 6.45) is 13.1. The summed E-state index contributed by atoms with van der Waals surface area (Å²) in [6.45, 7) is 2.19. The van der Waals surface area contributed by atoms with Crippen LogP contribution >= 0.6 is 0 Å². The zero-order chi connectivity index (χ0) is 15.4. The number of hydrogen-bond acceptors (Lipinski definition) is 1. The van der Waals surface area contributed by atoms with E-state index in [0.29, 0.717) is 24.5 Å². The molecule has 114 valence electrons. The van der Waals surface area contributed by atoms with Crippen molar-refractivity contribution < 1.29 is 4.79 Å². The van der Waals surface area contributed by atoms with Crippen LogP contribution in [0.25, 0.3) is 10.9 Å². The molecule has 0 radical (unpaired) electrons. The molecule has 22 heavy (non-hydrogen) atoms. The van der Waals surface area contributed by atoms with E-state index in [1.165, 1.54) is 11.0 Å². The second kappa shape index (κ2) is 6.78. The quantitative estimate of drug-likeness (QED) is 0.801. The van der Waals surface area contributed by atoms with E-state index in [9.17, 15) is 4.79 Å². The molecule has 2 heteroatoms. The summed E-state index contributed by atoms with van der Waals surface area (Å²) in [5.41, 5.74) is 3.71. The summed E-state index contributed by atoms with van der Waals surface area (Å²) in [7, 11) is 0. The number of carbonyl (C=O) groups excluding carboxylic acids is 1. The predicted molar refractivity (Wildman–Crippen MR) is 91.9 cm³/mol. The van der Waals surface area contributed by atoms with Crippen molar-refractivity contribution in [3.05, 3.63) is 59.8 Å². The Kier molecular flexibility index (Phi) is 4.57. The molecule has 3 rings (SSSR count). The minimum absolute atomic E-state index is 0.337. The maximum Gasteiger partial charge on any atom is 0.137 e. The van der Waals surface area contributed by atoms with Crippen LogP contribution in [-0.4, -0.2) is 10.8 Å². The minimum atomic E-state index is 0.337. The van der Waals surface area contributed by atoms with Crippen molar-refractivity contribution in [3.63, 3.8) is 0 Å². The molecule has 1 aromatic heterocycles. The highest BCUT2D eigenvalue weighted by Gasteiger charge is 2.14. The Labute approximate surface area is 131 Å². The van der Waals surface area contributed by atoms with Crippen LogP contribution in [0.3, 0.4) is 0 Å². The van der Waals surface area contributed by atoms with Crippen LogP contribution in [0, 0.1) is 5.92 Å². The Morgan fingerprint density at radius 3 is 3.00 bits per heavy atom. The first kappa shape index (κ1) is 14.8. The molecule has 1 N–H and O–H groups in total. The molecule has 0 saturated heterocycles. The van der Waals surface area contributed by atoms with Crippen molar-refractivity contribution in [2.24, 2.45) is 5.92 Å². The fourth-order valence-electron chi connectivity index (χ4n) is 3.29. The number of rotatable bonds is 6. The highest BCUT2D eigenvalue weighted by molar-refractivity contribution is 5.89. The normalized spacial score (nSPS) is 15.8. The van der Waals surface area contributed by atoms with E-state index in [1.54, 1.807) is 0 Å². The van der Waals surface area contributed by atoms with Crippen molar-refractivity contribution >= 4 is 16.7 Å². The second-order valence-corrected chi connectivity index (χ2v) is 6.38. The van der Waals surface area contributed by atoms with E-state index in [2.05, 4.69) is 42.3 Å². The molecule has 2 aromatic rings. The third-order valence-electron chi connectivity index (χ3n) is 4.35. The molecule has 0 aliphatic heterocycles. The van der Waals surface area contributed by atoms with Crippen molar-refractivity contribution in [2.75, 3.05) is 0 Å². The zero-order valence-electron chi connectivity index (χ0n) is 13.1. The maximum absolute atomic E-state index is 12.4. The number of Topliss-reactive ketones (excluding diaryl/α,β-unsaturated/α-hetero) is 1. The summed E-state index contributed by atoms with van der Waals surface area (Å²) < 4.78 is 0.